The highest BCUT2D eigenvalue weighted by Crippen LogP contribution is 2.35. The van der Waals surface area contributed by atoms with Gasteiger partial charge >= 0.3 is 0 Å². The second-order valence-corrected chi connectivity index (χ2v) is 5.18. The van der Waals surface area contributed by atoms with Crippen LogP contribution in [0.4, 0.5) is 0 Å². The van der Waals surface area contributed by atoms with Crippen LogP contribution < -0.4 is 5.73 Å². The van der Waals surface area contributed by atoms with E-state index in [4.69, 9.17) is 5.73 Å². The molecular formula is C9H15N3S. The smallest absolute Gasteiger partial charge is 0.127 e. The normalized spacial score (nSPS) is 34.8. The molecule has 0 spiro atoms. The zero-order valence-electron chi connectivity index (χ0n) is 7.79. The zero-order valence-corrected chi connectivity index (χ0v) is 8.60. The second kappa shape index (κ2) is 3.35. The van der Waals surface area contributed by atoms with Crippen molar-refractivity contribution in [3.8, 4) is 0 Å². The predicted octanol–water partition coefficient (Wildman–Crippen LogP) is 1.48. The number of nitrogens with one attached hydrogen (secondary N) is 1. The highest BCUT2D eigenvalue weighted by molar-refractivity contribution is 8.00. The number of hydrogen-bond acceptors (Lipinski definition) is 3. The minimum absolute atomic E-state index is 0.222. The molecule has 1 saturated heterocycles. The van der Waals surface area contributed by atoms with E-state index in [-0.39, 0.29) is 5.54 Å². The first kappa shape index (κ1) is 9.09. The van der Waals surface area contributed by atoms with E-state index in [9.17, 15) is 0 Å². The van der Waals surface area contributed by atoms with E-state index in [1.165, 1.54) is 6.42 Å². The predicted molar refractivity (Wildman–Crippen MR) is 55.6 cm³/mol. The fourth-order valence-electron chi connectivity index (χ4n) is 1.63. The Morgan fingerprint density at radius 2 is 2.62 bits per heavy atom. The first-order valence-electron chi connectivity index (χ1n) is 4.61. The number of nitrogens with zero attached hydrogens (tertiary/aromatic N) is 1. The lowest BCUT2D eigenvalue weighted by atomic mass is 9.94. The number of aromatic nitrogens is 2. The van der Waals surface area contributed by atoms with Crippen molar-refractivity contribution in [2.45, 2.75) is 30.6 Å². The van der Waals surface area contributed by atoms with Crippen molar-refractivity contribution in [1.82, 2.24) is 9.97 Å². The van der Waals surface area contributed by atoms with Gasteiger partial charge in [0, 0.05) is 23.4 Å². The average Bonchev–Trinajstić information content (AvgIpc) is 2.63. The Balaban J connectivity index is 2.13. The van der Waals surface area contributed by atoms with Crippen LogP contribution in [0.5, 0.6) is 0 Å². The van der Waals surface area contributed by atoms with Gasteiger partial charge in [-0.1, -0.05) is 6.92 Å². The summed E-state index contributed by atoms with van der Waals surface area (Å²) in [5, 5.41) is 0.742. The molecule has 1 aromatic heterocycles. The highest BCUT2D eigenvalue weighted by atomic mass is 32.2. The van der Waals surface area contributed by atoms with Gasteiger partial charge in [-0.05, 0) is 12.8 Å². The summed E-state index contributed by atoms with van der Waals surface area (Å²) in [4.78, 5) is 7.36. The van der Waals surface area contributed by atoms with Gasteiger partial charge in [0.2, 0.25) is 0 Å². The maximum Gasteiger partial charge on any atom is 0.127 e. The third-order valence-electron chi connectivity index (χ3n) is 2.59. The van der Waals surface area contributed by atoms with Gasteiger partial charge in [-0.25, -0.2) is 4.98 Å². The lowest BCUT2D eigenvalue weighted by Crippen LogP contribution is -2.43. The zero-order chi connectivity index (χ0) is 9.31. The molecule has 1 aliphatic heterocycles. The molecule has 0 radical (unpaired) electrons. The monoisotopic (exact) mass is 197 g/mol. The van der Waals surface area contributed by atoms with Crippen LogP contribution in [0.1, 0.15) is 25.6 Å². The molecule has 0 amide bonds. The molecule has 0 saturated carbocycles. The quantitative estimate of drug-likeness (QED) is 0.717. The Kier molecular flexibility index (Phi) is 2.34. The van der Waals surface area contributed by atoms with Crippen molar-refractivity contribution in [3.63, 3.8) is 0 Å². The summed E-state index contributed by atoms with van der Waals surface area (Å²) in [5.74, 6) is 1.91. The van der Waals surface area contributed by atoms with Crippen LogP contribution in [0.3, 0.4) is 0 Å². The molecule has 4 heteroatoms. The summed E-state index contributed by atoms with van der Waals surface area (Å²) in [6, 6.07) is 0. The third-order valence-corrected chi connectivity index (χ3v) is 4.08. The van der Waals surface area contributed by atoms with Crippen LogP contribution in [-0.4, -0.2) is 21.0 Å². The molecule has 0 unspecified atom stereocenters. The van der Waals surface area contributed by atoms with Crippen molar-refractivity contribution in [3.05, 3.63) is 18.2 Å². The maximum atomic E-state index is 6.27. The Hall–Kier alpha value is -0.480. The number of thioether (sulfide) groups is 1. The number of imidazole rings is 1. The van der Waals surface area contributed by atoms with E-state index >= 15 is 0 Å². The Labute approximate surface area is 82.5 Å². The molecule has 1 aromatic rings. The molecule has 0 bridgehead atoms. The van der Waals surface area contributed by atoms with Gasteiger partial charge in [-0.3, -0.25) is 0 Å². The Morgan fingerprint density at radius 1 is 1.77 bits per heavy atom. The first-order valence-corrected chi connectivity index (χ1v) is 5.66. The largest absolute Gasteiger partial charge is 0.347 e. The number of hydrogen-bond donors (Lipinski definition) is 2. The summed E-state index contributed by atoms with van der Waals surface area (Å²) >= 11 is 1.94. The molecule has 1 aliphatic rings. The van der Waals surface area contributed by atoms with Crippen molar-refractivity contribution in [2.24, 2.45) is 5.73 Å². The number of H-pyrrole nitrogens is 1. The Morgan fingerprint density at radius 3 is 3.15 bits per heavy atom. The molecule has 2 heterocycles. The van der Waals surface area contributed by atoms with Crippen LogP contribution in [0.15, 0.2) is 12.4 Å². The molecule has 2 atom stereocenters. The fourth-order valence-corrected chi connectivity index (χ4v) is 2.78. The van der Waals surface area contributed by atoms with E-state index in [0.29, 0.717) is 0 Å². The third kappa shape index (κ3) is 1.74. The van der Waals surface area contributed by atoms with Crippen molar-refractivity contribution in [1.29, 1.82) is 0 Å². The highest BCUT2D eigenvalue weighted by Gasteiger charge is 2.34. The van der Waals surface area contributed by atoms with Crippen molar-refractivity contribution < 1.29 is 0 Å². The van der Waals surface area contributed by atoms with Gasteiger partial charge in [0.15, 0.2) is 0 Å². The number of nitrogens with two attached hydrogens (primary N) is 1. The van der Waals surface area contributed by atoms with Gasteiger partial charge in [0.25, 0.3) is 0 Å². The summed E-state index contributed by atoms with van der Waals surface area (Å²) < 4.78 is 0. The lowest BCUT2D eigenvalue weighted by Gasteiger charge is -2.33. The molecule has 2 rings (SSSR count). The molecule has 3 nitrogen and oxygen atoms in total. The topological polar surface area (TPSA) is 54.7 Å². The van der Waals surface area contributed by atoms with Gasteiger partial charge in [-0.15, -0.1) is 0 Å². The van der Waals surface area contributed by atoms with Crippen LogP contribution in [0.2, 0.25) is 0 Å². The van der Waals surface area contributed by atoms with Gasteiger partial charge in [0.1, 0.15) is 5.82 Å². The summed E-state index contributed by atoms with van der Waals surface area (Å²) in [6.45, 7) is 2.26. The molecular weight excluding hydrogens is 182 g/mol. The minimum Gasteiger partial charge on any atom is -0.347 e. The standard InChI is InChI=1S/C9H15N3S/c1-7-2-3-9(10,6-13-7)8-11-4-5-12-8/h4-5,7H,2-3,6,10H2,1H3,(H,11,12)/t7-,9-/m1/s1. The summed E-state index contributed by atoms with van der Waals surface area (Å²) in [7, 11) is 0. The van der Waals surface area contributed by atoms with Crippen LogP contribution in [0, 0.1) is 0 Å². The van der Waals surface area contributed by atoms with Crippen molar-refractivity contribution >= 4 is 11.8 Å². The molecule has 72 valence electrons. The molecule has 1 fully saturated rings. The van der Waals surface area contributed by atoms with E-state index < -0.39 is 0 Å². The van der Waals surface area contributed by atoms with E-state index in [0.717, 1.165) is 23.2 Å². The Bertz CT molecular complexity index is 262. The van der Waals surface area contributed by atoms with Gasteiger partial charge < -0.3 is 10.7 Å². The fraction of sp³-hybridized carbons (Fsp3) is 0.667. The summed E-state index contributed by atoms with van der Waals surface area (Å²) in [5.41, 5.74) is 6.05. The SMILES string of the molecule is C[C@@H]1CC[C@](N)(c2ncc[nH]2)CS1. The van der Waals surface area contributed by atoms with Gasteiger partial charge in [0.05, 0.1) is 5.54 Å². The van der Waals surface area contributed by atoms with Crippen LogP contribution in [-0.2, 0) is 5.54 Å². The lowest BCUT2D eigenvalue weighted by molar-refractivity contribution is 0.409. The van der Waals surface area contributed by atoms with E-state index in [2.05, 4.69) is 16.9 Å². The second-order valence-electron chi connectivity index (χ2n) is 3.75. The van der Waals surface area contributed by atoms with E-state index in [1.807, 2.05) is 18.0 Å². The minimum atomic E-state index is -0.222. The first-order chi connectivity index (χ1) is 6.21. The van der Waals surface area contributed by atoms with Gasteiger partial charge in [-0.2, -0.15) is 11.8 Å². The average molecular weight is 197 g/mol. The van der Waals surface area contributed by atoms with Crippen LogP contribution >= 0.6 is 11.8 Å². The summed E-state index contributed by atoms with van der Waals surface area (Å²) in [6.07, 6.45) is 5.83. The molecule has 0 aromatic carbocycles. The van der Waals surface area contributed by atoms with Crippen LogP contribution in [0.25, 0.3) is 0 Å². The van der Waals surface area contributed by atoms with E-state index in [1.54, 1.807) is 6.20 Å². The molecule has 3 N–H and O–H groups in total. The number of rotatable bonds is 1. The number of aromatic amines is 1. The molecule has 0 aliphatic carbocycles. The molecule has 13 heavy (non-hydrogen) atoms. The van der Waals surface area contributed by atoms with Crippen molar-refractivity contribution in [2.75, 3.05) is 5.75 Å². The maximum absolute atomic E-state index is 6.27.